The first kappa shape index (κ1) is 19.8. The van der Waals surface area contributed by atoms with Crippen LogP contribution < -0.4 is 5.32 Å². The number of nitrogens with zero attached hydrogens (tertiary/aromatic N) is 3. The van der Waals surface area contributed by atoms with Crippen molar-refractivity contribution in [3.05, 3.63) is 77.0 Å². The number of hydrogen-bond acceptors (Lipinski definition) is 4. The predicted octanol–water partition coefficient (Wildman–Crippen LogP) is 5.33. The third kappa shape index (κ3) is 4.41. The Labute approximate surface area is 173 Å². The number of rotatable bonds is 6. The highest BCUT2D eigenvalue weighted by atomic mass is 32.1. The van der Waals surface area contributed by atoms with Gasteiger partial charge >= 0.3 is 0 Å². The van der Waals surface area contributed by atoms with Gasteiger partial charge in [0.25, 0.3) is 12.3 Å². The van der Waals surface area contributed by atoms with E-state index in [1.54, 1.807) is 29.0 Å². The van der Waals surface area contributed by atoms with Crippen LogP contribution >= 0.6 is 11.3 Å². The highest BCUT2D eigenvalue weighted by Gasteiger charge is 2.17. The van der Waals surface area contributed by atoms with Crippen molar-refractivity contribution in [3.8, 4) is 22.4 Å². The zero-order chi connectivity index (χ0) is 21.1. The summed E-state index contributed by atoms with van der Waals surface area (Å²) in [6, 6.07) is 10.7. The average molecular weight is 428 g/mol. The number of thiophene rings is 1. The molecule has 0 unspecified atom stereocenters. The summed E-state index contributed by atoms with van der Waals surface area (Å²) in [4.78, 5) is 16.4. The smallest absolute Gasteiger partial charge is 0.257 e. The highest BCUT2D eigenvalue weighted by molar-refractivity contribution is 7.08. The van der Waals surface area contributed by atoms with Gasteiger partial charge in [-0.3, -0.25) is 9.48 Å². The maximum atomic E-state index is 13.3. The number of carbonyl (C=O) groups excluding carboxylic acids is 1. The van der Waals surface area contributed by atoms with Crippen molar-refractivity contribution in [1.29, 1.82) is 0 Å². The quantitative estimate of drug-likeness (QED) is 0.452. The fourth-order valence-electron chi connectivity index (χ4n) is 2.94. The Morgan fingerprint density at radius 2 is 1.93 bits per heavy atom. The van der Waals surface area contributed by atoms with Gasteiger partial charge in [-0.2, -0.15) is 16.4 Å². The molecule has 4 aromatic rings. The van der Waals surface area contributed by atoms with Crippen LogP contribution in [0.2, 0.25) is 0 Å². The van der Waals surface area contributed by atoms with E-state index < -0.39 is 18.8 Å². The molecule has 0 aliphatic rings. The number of aromatic nitrogens is 3. The van der Waals surface area contributed by atoms with E-state index in [2.05, 4.69) is 15.4 Å². The molecular weight excluding hydrogens is 413 g/mol. The first-order chi connectivity index (χ1) is 14.5. The topological polar surface area (TPSA) is 59.8 Å². The van der Waals surface area contributed by atoms with Crippen LogP contribution in [-0.2, 0) is 6.54 Å². The molecule has 4 rings (SSSR count). The molecule has 1 aromatic carbocycles. The molecule has 9 heteroatoms. The van der Waals surface area contributed by atoms with Gasteiger partial charge in [0.15, 0.2) is 0 Å². The van der Waals surface area contributed by atoms with Crippen LogP contribution in [0.1, 0.15) is 10.4 Å². The molecule has 152 valence electrons. The molecule has 0 aliphatic carbocycles. The van der Waals surface area contributed by atoms with Crippen molar-refractivity contribution in [3.63, 3.8) is 0 Å². The number of benzene rings is 1. The van der Waals surface area contributed by atoms with E-state index in [0.29, 0.717) is 33.8 Å². The van der Waals surface area contributed by atoms with Crippen molar-refractivity contribution >= 4 is 23.1 Å². The van der Waals surface area contributed by atoms with Gasteiger partial charge in [0.1, 0.15) is 23.9 Å². The largest absolute Gasteiger partial charge is 0.307 e. The standard InChI is InChI=1S/C21H15F3N4OS/c22-16-3-1-13(2-4-16)20-17(10-28(27-20)11-18(23)24)14-5-7-25-19(9-14)26-21(29)15-6-8-30-12-15/h1-10,12,18H,11H2,(H,25,26,29). The molecule has 0 fully saturated rings. The van der Waals surface area contributed by atoms with Gasteiger partial charge in [-0.05, 0) is 53.4 Å². The summed E-state index contributed by atoms with van der Waals surface area (Å²) in [7, 11) is 0. The van der Waals surface area contributed by atoms with Crippen molar-refractivity contribution in [1.82, 2.24) is 14.8 Å². The molecule has 0 spiro atoms. The molecule has 0 saturated carbocycles. The summed E-state index contributed by atoms with van der Waals surface area (Å²) in [6.45, 7) is -0.568. The van der Waals surface area contributed by atoms with Crippen molar-refractivity contribution in [2.45, 2.75) is 13.0 Å². The van der Waals surface area contributed by atoms with E-state index in [9.17, 15) is 18.0 Å². The first-order valence-electron chi connectivity index (χ1n) is 8.91. The number of amides is 1. The van der Waals surface area contributed by atoms with Crippen LogP contribution in [0.15, 0.2) is 65.6 Å². The summed E-state index contributed by atoms with van der Waals surface area (Å²) in [5.41, 5.74) is 2.72. The summed E-state index contributed by atoms with van der Waals surface area (Å²) in [5, 5.41) is 10.5. The van der Waals surface area contributed by atoms with Gasteiger partial charge in [0.05, 0.1) is 5.56 Å². The molecule has 0 radical (unpaired) electrons. The third-order valence-electron chi connectivity index (χ3n) is 4.30. The average Bonchev–Trinajstić information content (AvgIpc) is 3.39. The SMILES string of the molecule is O=C(Nc1cc(-c2cn(CC(F)F)nc2-c2ccc(F)cc2)ccn1)c1ccsc1. The molecule has 0 aliphatic heterocycles. The Morgan fingerprint density at radius 1 is 1.13 bits per heavy atom. The van der Waals surface area contributed by atoms with Crippen LogP contribution in [0.4, 0.5) is 19.0 Å². The Hall–Kier alpha value is -3.46. The lowest BCUT2D eigenvalue weighted by Crippen LogP contribution is -2.11. The molecule has 0 saturated heterocycles. The number of hydrogen-bond donors (Lipinski definition) is 1. The van der Waals surface area contributed by atoms with E-state index in [1.807, 2.05) is 0 Å². The summed E-state index contributed by atoms with van der Waals surface area (Å²) in [6.07, 6.45) is 0.444. The Kier molecular flexibility index (Phi) is 5.62. The van der Waals surface area contributed by atoms with Crippen molar-refractivity contribution < 1.29 is 18.0 Å². The van der Waals surface area contributed by atoms with Crippen LogP contribution in [0, 0.1) is 5.82 Å². The maximum absolute atomic E-state index is 13.3. The summed E-state index contributed by atoms with van der Waals surface area (Å²) in [5.74, 6) is -0.391. The number of halogens is 3. The van der Waals surface area contributed by atoms with Crippen LogP contribution in [-0.4, -0.2) is 27.1 Å². The molecule has 1 amide bonds. The fourth-order valence-corrected chi connectivity index (χ4v) is 3.57. The molecule has 0 atom stereocenters. The second kappa shape index (κ2) is 8.50. The molecule has 1 N–H and O–H groups in total. The maximum Gasteiger partial charge on any atom is 0.257 e. The Balaban J connectivity index is 1.71. The van der Waals surface area contributed by atoms with Gasteiger partial charge < -0.3 is 5.32 Å². The normalized spacial score (nSPS) is 11.1. The van der Waals surface area contributed by atoms with E-state index in [4.69, 9.17) is 0 Å². The first-order valence-corrected chi connectivity index (χ1v) is 9.85. The van der Waals surface area contributed by atoms with Crippen molar-refractivity contribution in [2.75, 3.05) is 5.32 Å². The number of pyridine rings is 1. The van der Waals surface area contributed by atoms with Gasteiger partial charge in [-0.15, -0.1) is 0 Å². The lowest BCUT2D eigenvalue weighted by Gasteiger charge is -2.07. The fraction of sp³-hybridized carbons (Fsp3) is 0.0952. The second-order valence-electron chi connectivity index (χ2n) is 6.41. The molecule has 5 nitrogen and oxygen atoms in total. The summed E-state index contributed by atoms with van der Waals surface area (Å²) >= 11 is 1.41. The van der Waals surface area contributed by atoms with Crippen molar-refractivity contribution in [2.24, 2.45) is 0 Å². The minimum absolute atomic E-state index is 0.298. The van der Waals surface area contributed by atoms with Crippen LogP contribution in [0.25, 0.3) is 22.4 Å². The number of alkyl halides is 2. The molecular formula is C21H15F3N4OS. The number of nitrogens with one attached hydrogen (secondary N) is 1. The van der Waals surface area contributed by atoms with Gasteiger partial charge in [-0.1, -0.05) is 0 Å². The molecule has 30 heavy (non-hydrogen) atoms. The Bertz CT molecular complexity index is 1160. The van der Waals surface area contributed by atoms with Gasteiger partial charge in [-0.25, -0.2) is 18.2 Å². The minimum Gasteiger partial charge on any atom is -0.307 e. The van der Waals surface area contributed by atoms with Gasteiger partial charge in [0, 0.05) is 28.9 Å². The van der Waals surface area contributed by atoms with E-state index in [1.165, 1.54) is 48.0 Å². The molecule has 0 bridgehead atoms. The summed E-state index contributed by atoms with van der Waals surface area (Å²) < 4.78 is 40.3. The lowest BCUT2D eigenvalue weighted by atomic mass is 10.0. The Morgan fingerprint density at radius 3 is 2.63 bits per heavy atom. The number of carbonyl (C=O) groups is 1. The van der Waals surface area contributed by atoms with Gasteiger partial charge in [0.2, 0.25) is 0 Å². The zero-order valence-corrected chi connectivity index (χ0v) is 16.2. The second-order valence-corrected chi connectivity index (χ2v) is 7.19. The molecule has 3 aromatic heterocycles. The lowest BCUT2D eigenvalue weighted by molar-refractivity contribution is 0.102. The van der Waals surface area contributed by atoms with Crippen LogP contribution in [0.3, 0.4) is 0 Å². The zero-order valence-electron chi connectivity index (χ0n) is 15.4. The molecule has 3 heterocycles. The van der Waals surface area contributed by atoms with E-state index in [-0.39, 0.29) is 5.91 Å². The third-order valence-corrected chi connectivity index (χ3v) is 4.98. The predicted molar refractivity (Wildman–Crippen MR) is 109 cm³/mol. The van der Waals surface area contributed by atoms with E-state index >= 15 is 0 Å². The number of anilines is 1. The highest BCUT2D eigenvalue weighted by Crippen LogP contribution is 2.32. The monoisotopic (exact) mass is 428 g/mol. The minimum atomic E-state index is -2.57. The van der Waals surface area contributed by atoms with E-state index in [0.717, 1.165) is 4.68 Å². The van der Waals surface area contributed by atoms with Crippen LogP contribution in [0.5, 0.6) is 0 Å².